The van der Waals surface area contributed by atoms with Gasteiger partial charge in [-0.3, -0.25) is 14.4 Å². The van der Waals surface area contributed by atoms with Gasteiger partial charge in [0.15, 0.2) is 0 Å². The lowest BCUT2D eigenvalue weighted by atomic mass is 10.1. The Balaban J connectivity index is 1.71. The summed E-state index contributed by atoms with van der Waals surface area (Å²) in [6, 6.07) is 18.6. The molecule has 1 aliphatic heterocycles. The maximum Gasteiger partial charge on any atom is 0.272 e. The highest BCUT2D eigenvalue weighted by Crippen LogP contribution is 2.39. The number of benzene rings is 2. The summed E-state index contributed by atoms with van der Waals surface area (Å²) in [7, 11) is 0. The molecule has 7 nitrogen and oxygen atoms in total. The minimum Gasteiger partial charge on any atom is -0.468 e. The number of amides is 3. The summed E-state index contributed by atoms with van der Waals surface area (Å²) in [4.78, 5) is 39.4. The monoisotopic (exact) mass is 443 g/mol. The molecule has 8 heteroatoms. The Hall–Kier alpha value is -4.09. The zero-order valence-corrected chi connectivity index (χ0v) is 17.8. The fraction of sp³-hybridized carbons (Fsp3) is 0.0833. The molecule has 0 bridgehead atoms. The Kier molecular flexibility index (Phi) is 5.92. The molecule has 158 valence electrons. The van der Waals surface area contributed by atoms with E-state index in [0.29, 0.717) is 38.9 Å². The summed E-state index contributed by atoms with van der Waals surface area (Å²) >= 11 is 1.23. The second-order valence-corrected chi connectivity index (χ2v) is 7.92. The number of imide groups is 1. The molecule has 0 atom stereocenters. The van der Waals surface area contributed by atoms with Crippen molar-refractivity contribution in [2.75, 3.05) is 10.2 Å². The molecule has 32 heavy (non-hydrogen) atoms. The molecule has 2 aromatic carbocycles. The number of nitrogens with one attached hydrogen (secondary N) is 1. The lowest BCUT2D eigenvalue weighted by Crippen LogP contribution is -2.31. The van der Waals surface area contributed by atoms with E-state index in [9.17, 15) is 14.4 Å². The number of nitrogens with zero attached hydrogens (tertiary/aromatic N) is 2. The van der Waals surface area contributed by atoms with E-state index in [-0.39, 0.29) is 11.5 Å². The number of furan rings is 1. The van der Waals surface area contributed by atoms with Gasteiger partial charge in [0, 0.05) is 12.6 Å². The average molecular weight is 443 g/mol. The first-order valence-electron chi connectivity index (χ1n) is 9.64. The van der Waals surface area contributed by atoms with Crippen molar-refractivity contribution in [2.45, 2.75) is 12.7 Å². The zero-order valence-electron chi connectivity index (χ0n) is 17.0. The number of hydrogen-bond acceptors (Lipinski definition) is 6. The highest BCUT2D eigenvalue weighted by Gasteiger charge is 2.40. The van der Waals surface area contributed by atoms with Crippen LogP contribution in [0.1, 0.15) is 23.8 Å². The lowest BCUT2D eigenvalue weighted by Gasteiger charge is -2.15. The molecule has 4 rings (SSSR count). The molecule has 0 unspecified atom stereocenters. The van der Waals surface area contributed by atoms with Gasteiger partial charge in [0.2, 0.25) is 5.91 Å². The summed E-state index contributed by atoms with van der Waals surface area (Å²) in [5, 5.41) is 11.7. The van der Waals surface area contributed by atoms with Crippen LogP contribution in [-0.4, -0.2) is 17.7 Å². The number of anilines is 2. The second-order valence-electron chi connectivity index (χ2n) is 6.94. The van der Waals surface area contributed by atoms with Crippen molar-refractivity contribution in [3.63, 3.8) is 0 Å². The van der Waals surface area contributed by atoms with Crippen molar-refractivity contribution in [2.24, 2.45) is 0 Å². The molecule has 3 aromatic rings. The van der Waals surface area contributed by atoms with Gasteiger partial charge in [-0.1, -0.05) is 12.1 Å². The Morgan fingerprint density at radius 3 is 2.38 bits per heavy atom. The summed E-state index contributed by atoms with van der Waals surface area (Å²) in [6.07, 6.45) is 1.55. The number of thioether (sulfide) groups is 1. The summed E-state index contributed by atoms with van der Waals surface area (Å²) < 4.78 is 5.36. The Morgan fingerprint density at radius 1 is 1.06 bits per heavy atom. The van der Waals surface area contributed by atoms with E-state index in [1.807, 2.05) is 6.07 Å². The third-order valence-corrected chi connectivity index (χ3v) is 5.83. The topological polar surface area (TPSA) is 103 Å². The molecular formula is C24H17N3O4S. The van der Waals surface area contributed by atoms with Crippen molar-refractivity contribution in [1.29, 1.82) is 5.26 Å². The van der Waals surface area contributed by atoms with Crippen LogP contribution in [0.5, 0.6) is 0 Å². The molecule has 1 N–H and O–H groups in total. The van der Waals surface area contributed by atoms with Crippen LogP contribution in [0.15, 0.2) is 76.2 Å². The Morgan fingerprint density at radius 2 is 1.78 bits per heavy atom. The van der Waals surface area contributed by atoms with Crippen LogP contribution in [0.25, 0.3) is 5.57 Å². The van der Waals surface area contributed by atoms with E-state index < -0.39 is 11.8 Å². The Bertz CT molecular complexity index is 1250. The fourth-order valence-electron chi connectivity index (χ4n) is 3.28. The fourth-order valence-corrected chi connectivity index (χ4v) is 4.29. The lowest BCUT2D eigenvalue weighted by molar-refractivity contribution is -0.120. The first-order chi connectivity index (χ1) is 15.5. The van der Waals surface area contributed by atoms with Crippen LogP contribution in [0.3, 0.4) is 0 Å². The van der Waals surface area contributed by atoms with Crippen LogP contribution in [0.2, 0.25) is 0 Å². The smallest absolute Gasteiger partial charge is 0.272 e. The molecule has 3 amide bonds. The first kappa shape index (κ1) is 21.2. The largest absolute Gasteiger partial charge is 0.468 e. The average Bonchev–Trinajstić information content (AvgIpc) is 3.39. The third-order valence-electron chi connectivity index (χ3n) is 4.73. The van der Waals surface area contributed by atoms with Crippen molar-refractivity contribution in [1.82, 2.24) is 0 Å². The van der Waals surface area contributed by atoms with Gasteiger partial charge in [-0.25, -0.2) is 4.90 Å². The number of carbonyl (C=O) groups excluding carboxylic acids is 3. The highest BCUT2D eigenvalue weighted by atomic mass is 32.2. The molecule has 0 spiro atoms. The molecule has 1 aliphatic rings. The third kappa shape index (κ3) is 4.19. The molecule has 0 saturated carbocycles. The molecule has 0 aliphatic carbocycles. The van der Waals surface area contributed by atoms with Crippen molar-refractivity contribution >= 4 is 46.4 Å². The van der Waals surface area contributed by atoms with E-state index >= 15 is 0 Å². The SMILES string of the molecule is CC(=O)Nc1ccc(C2=C(SCc3ccco3)C(=O)N(c3ccc(C#N)cc3)C2=O)cc1. The van der Waals surface area contributed by atoms with Gasteiger partial charge in [0.25, 0.3) is 11.8 Å². The van der Waals surface area contributed by atoms with E-state index in [1.165, 1.54) is 18.7 Å². The van der Waals surface area contributed by atoms with Crippen molar-refractivity contribution in [3.8, 4) is 6.07 Å². The van der Waals surface area contributed by atoms with Gasteiger partial charge in [0.05, 0.1) is 39.8 Å². The Labute approximate surface area is 188 Å². The maximum atomic E-state index is 13.4. The van der Waals surface area contributed by atoms with E-state index in [0.717, 1.165) is 4.90 Å². The van der Waals surface area contributed by atoms with Gasteiger partial charge < -0.3 is 9.73 Å². The van der Waals surface area contributed by atoms with Gasteiger partial charge in [-0.15, -0.1) is 11.8 Å². The maximum absolute atomic E-state index is 13.4. The van der Waals surface area contributed by atoms with Gasteiger partial charge in [-0.05, 0) is 54.1 Å². The van der Waals surface area contributed by atoms with Crippen LogP contribution in [0, 0.1) is 11.3 Å². The van der Waals surface area contributed by atoms with E-state index in [1.54, 1.807) is 66.9 Å². The van der Waals surface area contributed by atoms with Gasteiger partial charge in [0.1, 0.15) is 5.76 Å². The second kappa shape index (κ2) is 8.96. The van der Waals surface area contributed by atoms with Crippen molar-refractivity contribution in [3.05, 3.63) is 88.7 Å². The first-order valence-corrected chi connectivity index (χ1v) is 10.6. The summed E-state index contributed by atoms with van der Waals surface area (Å²) in [6.45, 7) is 1.41. The quantitative estimate of drug-likeness (QED) is 0.569. The minimum absolute atomic E-state index is 0.203. The normalized spacial score (nSPS) is 13.4. The number of hydrogen-bond donors (Lipinski definition) is 1. The van der Waals surface area contributed by atoms with Crippen molar-refractivity contribution < 1.29 is 18.8 Å². The molecule has 0 saturated heterocycles. The van der Waals surface area contributed by atoms with Gasteiger partial charge >= 0.3 is 0 Å². The molecule has 0 fully saturated rings. The van der Waals surface area contributed by atoms with Crippen LogP contribution >= 0.6 is 11.8 Å². The predicted octanol–water partition coefficient (Wildman–Crippen LogP) is 4.33. The number of rotatable bonds is 6. The minimum atomic E-state index is -0.450. The van der Waals surface area contributed by atoms with E-state index in [2.05, 4.69) is 5.32 Å². The molecule has 2 heterocycles. The van der Waals surface area contributed by atoms with Crippen LogP contribution in [-0.2, 0) is 20.1 Å². The number of nitriles is 1. The molecular weight excluding hydrogens is 426 g/mol. The highest BCUT2D eigenvalue weighted by molar-refractivity contribution is 8.03. The standard InChI is InChI=1S/C24H17N3O4S/c1-15(28)26-18-8-6-17(7-9-18)21-22(32-14-20-3-2-12-31-20)24(30)27(23(21)29)19-10-4-16(13-25)5-11-19/h2-12H,14H2,1H3,(H,26,28). The van der Waals surface area contributed by atoms with Gasteiger partial charge in [-0.2, -0.15) is 5.26 Å². The summed E-state index contributed by atoms with van der Waals surface area (Å²) in [5.74, 6) is -0.0208. The molecule has 0 radical (unpaired) electrons. The van der Waals surface area contributed by atoms with Crippen LogP contribution < -0.4 is 10.2 Å². The van der Waals surface area contributed by atoms with Crippen LogP contribution in [0.4, 0.5) is 11.4 Å². The predicted molar refractivity (Wildman–Crippen MR) is 121 cm³/mol. The number of carbonyl (C=O) groups is 3. The van der Waals surface area contributed by atoms with E-state index in [4.69, 9.17) is 9.68 Å². The zero-order chi connectivity index (χ0) is 22.7. The summed E-state index contributed by atoms with van der Waals surface area (Å²) in [5.41, 5.74) is 2.26. The molecule has 1 aromatic heterocycles.